The number of aliphatic hydroxyl groups is 2. The van der Waals surface area contributed by atoms with Crippen LogP contribution in [0, 0.1) is 46.3 Å². The summed E-state index contributed by atoms with van der Waals surface area (Å²) in [7, 11) is 0. The van der Waals surface area contributed by atoms with Crippen molar-refractivity contribution < 1.29 is 19.7 Å². The van der Waals surface area contributed by atoms with E-state index in [-0.39, 0.29) is 17.5 Å². The highest BCUT2D eigenvalue weighted by Crippen LogP contribution is 2.69. The van der Waals surface area contributed by atoms with Crippen molar-refractivity contribution in [1.29, 1.82) is 0 Å². The fourth-order valence-electron chi connectivity index (χ4n) is 9.46. The second-order valence-corrected chi connectivity index (χ2v) is 13.5. The molecule has 0 amide bonds. The molecular weight excluding hydrogens is 424 g/mol. The number of ether oxygens (including phenoxy) is 1. The van der Waals surface area contributed by atoms with Gasteiger partial charge < -0.3 is 14.9 Å². The van der Waals surface area contributed by atoms with E-state index in [0.717, 1.165) is 31.6 Å². The molecule has 194 valence electrons. The molecule has 0 aromatic carbocycles. The molecule has 2 N–H and O–H groups in total. The summed E-state index contributed by atoms with van der Waals surface area (Å²) in [5.74, 6) is 3.25. The first kappa shape index (κ1) is 26.2. The van der Waals surface area contributed by atoms with E-state index in [1.165, 1.54) is 38.2 Å². The molecule has 0 bridgehead atoms. The van der Waals surface area contributed by atoms with Gasteiger partial charge in [-0.25, -0.2) is 0 Å². The van der Waals surface area contributed by atoms with Gasteiger partial charge in [-0.15, -0.1) is 0 Å². The van der Waals surface area contributed by atoms with Crippen molar-refractivity contribution in [3.63, 3.8) is 0 Å². The summed E-state index contributed by atoms with van der Waals surface area (Å²) in [6.07, 6.45) is 8.93. The molecule has 0 aromatic heterocycles. The summed E-state index contributed by atoms with van der Waals surface area (Å²) >= 11 is 0. The third-order valence-corrected chi connectivity index (χ3v) is 11.6. The number of fused-ring (bicyclic) bond motifs is 5. The van der Waals surface area contributed by atoms with E-state index in [1.54, 1.807) is 0 Å². The maximum Gasteiger partial charge on any atom is 0.302 e. The zero-order chi connectivity index (χ0) is 25.1. The monoisotopic (exact) mass is 474 g/mol. The Labute approximate surface area is 207 Å². The highest BCUT2D eigenvalue weighted by atomic mass is 16.5. The minimum atomic E-state index is -1.16. The third-order valence-electron chi connectivity index (χ3n) is 11.6. The average Bonchev–Trinajstić information content (AvgIpc) is 3.11. The van der Waals surface area contributed by atoms with Gasteiger partial charge in [0.25, 0.3) is 0 Å². The molecule has 4 aliphatic carbocycles. The van der Waals surface area contributed by atoms with Gasteiger partial charge in [-0.2, -0.15) is 0 Å². The van der Waals surface area contributed by atoms with Crippen LogP contribution in [0.2, 0.25) is 0 Å². The first-order valence-corrected chi connectivity index (χ1v) is 14.1. The van der Waals surface area contributed by atoms with E-state index in [1.807, 2.05) is 0 Å². The van der Waals surface area contributed by atoms with Crippen LogP contribution in [0.5, 0.6) is 0 Å². The lowest BCUT2D eigenvalue weighted by atomic mass is 9.42. The molecule has 0 spiro atoms. The Morgan fingerprint density at radius 3 is 2.44 bits per heavy atom. The molecule has 4 saturated carbocycles. The predicted octanol–water partition coefficient (Wildman–Crippen LogP) is 6.29. The average molecular weight is 475 g/mol. The lowest BCUT2D eigenvalue weighted by Crippen LogP contribution is -2.68. The van der Waals surface area contributed by atoms with Gasteiger partial charge in [-0.05, 0) is 98.7 Å². The van der Waals surface area contributed by atoms with Crippen LogP contribution in [0.25, 0.3) is 0 Å². The largest absolute Gasteiger partial charge is 0.462 e. The number of carbonyl (C=O) groups excluding carboxylic acids is 1. The van der Waals surface area contributed by atoms with Crippen LogP contribution in [0.1, 0.15) is 106 Å². The molecule has 10 unspecified atom stereocenters. The van der Waals surface area contributed by atoms with Crippen molar-refractivity contribution in [1.82, 2.24) is 0 Å². The molecule has 0 radical (unpaired) electrons. The zero-order valence-electron chi connectivity index (χ0n) is 22.6. The van der Waals surface area contributed by atoms with E-state index < -0.39 is 11.7 Å². The molecule has 4 heteroatoms. The topological polar surface area (TPSA) is 66.8 Å². The number of rotatable bonds is 6. The fraction of sp³-hybridized carbons (Fsp3) is 0.900. The van der Waals surface area contributed by atoms with E-state index in [2.05, 4.69) is 41.2 Å². The maximum atomic E-state index is 11.9. The molecule has 0 aliphatic heterocycles. The van der Waals surface area contributed by atoms with Gasteiger partial charge in [-0.1, -0.05) is 46.8 Å². The van der Waals surface area contributed by atoms with Gasteiger partial charge in [0, 0.05) is 18.8 Å². The third kappa shape index (κ3) is 4.09. The molecular formula is C30H50O4. The van der Waals surface area contributed by atoms with Crippen molar-refractivity contribution in [3.05, 3.63) is 12.2 Å². The van der Waals surface area contributed by atoms with Gasteiger partial charge in [0.1, 0.15) is 6.10 Å². The van der Waals surface area contributed by atoms with Crippen molar-refractivity contribution in [3.8, 4) is 0 Å². The fourth-order valence-corrected chi connectivity index (χ4v) is 9.46. The van der Waals surface area contributed by atoms with E-state index in [0.29, 0.717) is 47.8 Å². The zero-order valence-corrected chi connectivity index (χ0v) is 22.6. The van der Waals surface area contributed by atoms with Crippen molar-refractivity contribution >= 4 is 5.97 Å². The number of hydrogen-bond acceptors (Lipinski definition) is 4. The van der Waals surface area contributed by atoms with Crippen LogP contribution in [0.4, 0.5) is 0 Å². The summed E-state index contributed by atoms with van der Waals surface area (Å²) in [6.45, 7) is 17.5. The summed E-state index contributed by atoms with van der Waals surface area (Å²) in [4.78, 5) is 11.6. The van der Waals surface area contributed by atoms with E-state index in [4.69, 9.17) is 4.74 Å². The lowest BCUT2D eigenvalue weighted by molar-refractivity contribution is -0.266. The minimum absolute atomic E-state index is 0.284. The normalized spacial score (nSPS) is 46.9. The van der Waals surface area contributed by atoms with Crippen molar-refractivity contribution in [2.75, 3.05) is 0 Å². The molecule has 4 rings (SSSR count). The first-order valence-electron chi connectivity index (χ1n) is 14.1. The summed E-state index contributed by atoms with van der Waals surface area (Å²) in [5.41, 5.74) is 0.233. The van der Waals surface area contributed by atoms with Gasteiger partial charge in [0.05, 0.1) is 11.7 Å². The van der Waals surface area contributed by atoms with Crippen molar-refractivity contribution in [2.24, 2.45) is 46.3 Å². The van der Waals surface area contributed by atoms with Crippen molar-refractivity contribution in [2.45, 2.75) is 124 Å². The quantitative estimate of drug-likeness (QED) is 0.351. The van der Waals surface area contributed by atoms with Crippen LogP contribution in [-0.2, 0) is 9.53 Å². The Morgan fingerprint density at radius 1 is 1.09 bits per heavy atom. The Hall–Kier alpha value is -0.870. The Bertz CT molecular complexity index is 791. The molecule has 4 fully saturated rings. The highest BCUT2D eigenvalue weighted by molar-refractivity contribution is 5.66. The Kier molecular flexibility index (Phi) is 7.10. The van der Waals surface area contributed by atoms with Crippen LogP contribution < -0.4 is 0 Å². The smallest absolute Gasteiger partial charge is 0.302 e. The number of hydrogen-bond donors (Lipinski definition) is 2. The predicted molar refractivity (Wildman–Crippen MR) is 136 cm³/mol. The standard InChI is InChI=1S/C30H50O4/c1-18(2)19(3)8-9-20(4)24-10-11-25-23-16-27(32)30(33)17-22(34-21(5)31)12-15-29(30,7)26(23)13-14-28(24,25)6/h18,20,22-27,32-33H,3,8-17H2,1-2,4-7H3. The van der Waals surface area contributed by atoms with Gasteiger partial charge >= 0.3 is 5.97 Å². The molecule has 0 aromatic rings. The Morgan fingerprint density at radius 2 is 1.79 bits per heavy atom. The molecule has 34 heavy (non-hydrogen) atoms. The van der Waals surface area contributed by atoms with Crippen LogP contribution in [-0.4, -0.2) is 34.0 Å². The molecule has 10 atom stereocenters. The van der Waals surface area contributed by atoms with E-state index in [9.17, 15) is 15.0 Å². The number of aliphatic hydroxyl groups excluding tert-OH is 1. The maximum absolute atomic E-state index is 11.9. The molecule has 4 nitrogen and oxygen atoms in total. The second kappa shape index (κ2) is 9.21. The van der Waals surface area contributed by atoms with Gasteiger partial charge in [0.2, 0.25) is 0 Å². The number of carbonyl (C=O) groups is 1. The Balaban J connectivity index is 1.51. The summed E-state index contributed by atoms with van der Waals surface area (Å²) in [5, 5.41) is 23.3. The highest BCUT2D eigenvalue weighted by Gasteiger charge is 2.67. The second-order valence-electron chi connectivity index (χ2n) is 13.5. The SMILES string of the molecule is C=C(CCC(C)C1CCC2C3CC(O)C4(O)CC(OC(C)=O)CCC4(C)C3CCC12C)C(C)C. The first-order chi connectivity index (χ1) is 15.8. The van der Waals surface area contributed by atoms with E-state index >= 15 is 0 Å². The van der Waals surface area contributed by atoms with Crippen LogP contribution >= 0.6 is 0 Å². The minimum Gasteiger partial charge on any atom is -0.462 e. The lowest BCUT2D eigenvalue weighted by Gasteiger charge is -2.65. The molecule has 0 heterocycles. The number of allylic oxidation sites excluding steroid dienone is 1. The molecule has 4 aliphatic rings. The van der Waals surface area contributed by atoms with Crippen LogP contribution in [0.3, 0.4) is 0 Å². The van der Waals surface area contributed by atoms with Gasteiger partial charge in [0.15, 0.2) is 0 Å². The van der Waals surface area contributed by atoms with Gasteiger partial charge in [-0.3, -0.25) is 4.79 Å². The number of esters is 1. The summed E-state index contributed by atoms with van der Waals surface area (Å²) < 4.78 is 5.50. The summed E-state index contributed by atoms with van der Waals surface area (Å²) in [6, 6.07) is 0. The van der Waals surface area contributed by atoms with Crippen LogP contribution in [0.15, 0.2) is 12.2 Å². The molecule has 0 saturated heterocycles.